The molecule has 3 aliphatic carbocycles. The summed E-state index contributed by atoms with van der Waals surface area (Å²) in [7, 11) is 0. The van der Waals surface area contributed by atoms with Gasteiger partial charge in [-0.3, -0.25) is 0 Å². The van der Waals surface area contributed by atoms with Crippen LogP contribution in [0.25, 0.3) is 0 Å². The fourth-order valence-electron chi connectivity index (χ4n) is 6.39. The number of hydrogen-bond acceptors (Lipinski definition) is 1. The van der Waals surface area contributed by atoms with Crippen LogP contribution in [0.1, 0.15) is 79.6 Å². The maximum absolute atomic E-state index is 10.2. The molecule has 0 radical (unpaired) electrons. The minimum atomic E-state index is -0.203. The van der Waals surface area contributed by atoms with Gasteiger partial charge in [0.15, 0.2) is 0 Å². The number of aliphatic hydroxyl groups is 1. The number of allylic oxidation sites excluding steroid dienone is 6. The Morgan fingerprint density at radius 3 is 2.61 bits per heavy atom. The van der Waals surface area contributed by atoms with Crippen LogP contribution >= 0.6 is 0 Å². The quantitative estimate of drug-likeness (QED) is 0.508. The molecule has 3 aliphatic rings. The molecule has 3 saturated carbocycles. The van der Waals surface area contributed by atoms with E-state index in [1.165, 1.54) is 43.3 Å². The highest BCUT2D eigenvalue weighted by Gasteiger charge is 2.50. The first-order chi connectivity index (χ1) is 13.2. The van der Waals surface area contributed by atoms with Gasteiger partial charge in [0.2, 0.25) is 0 Å². The fraction of sp³-hybridized carbons (Fsp3) is 0.704. The van der Waals surface area contributed by atoms with Crippen molar-refractivity contribution in [2.75, 3.05) is 0 Å². The summed E-state index contributed by atoms with van der Waals surface area (Å²) >= 11 is 0. The van der Waals surface area contributed by atoms with Gasteiger partial charge in [-0.25, -0.2) is 0 Å². The molecule has 0 saturated heterocycles. The van der Waals surface area contributed by atoms with Gasteiger partial charge >= 0.3 is 0 Å². The summed E-state index contributed by atoms with van der Waals surface area (Å²) in [5.74, 6) is 3.24. The Bertz CT molecular complexity index is 664. The monoisotopic (exact) mass is 382 g/mol. The highest BCUT2D eigenvalue weighted by Crippen LogP contribution is 2.59. The lowest BCUT2D eigenvalue weighted by Gasteiger charge is -2.44. The summed E-state index contributed by atoms with van der Waals surface area (Å²) in [6, 6.07) is 0. The van der Waals surface area contributed by atoms with Crippen LogP contribution in [0.4, 0.5) is 0 Å². The molecular formula is C27H42O. The van der Waals surface area contributed by atoms with Crippen molar-refractivity contribution in [1.82, 2.24) is 0 Å². The van der Waals surface area contributed by atoms with Gasteiger partial charge in [-0.15, -0.1) is 0 Å². The lowest BCUT2D eigenvalue weighted by atomic mass is 9.61. The molecule has 3 fully saturated rings. The van der Waals surface area contributed by atoms with Crippen molar-refractivity contribution in [3.8, 4) is 0 Å². The number of rotatable bonds is 4. The first kappa shape index (κ1) is 21.6. The van der Waals surface area contributed by atoms with Crippen LogP contribution in [0, 0.1) is 35.0 Å². The van der Waals surface area contributed by atoms with Crippen molar-refractivity contribution >= 4 is 0 Å². The first-order valence-corrected chi connectivity index (χ1v) is 11.7. The molecule has 0 spiro atoms. The van der Waals surface area contributed by atoms with Crippen LogP contribution in [0.2, 0.25) is 0 Å². The third-order valence-electron chi connectivity index (χ3n) is 8.06. The van der Waals surface area contributed by atoms with E-state index in [1.54, 1.807) is 5.57 Å². The largest absolute Gasteiger partial charge is 0.393 e. The molecule has 2 unspecified atom stereocenters. The Labute approximate surface area is 173 Å². The molecule has 0 aromatic rings. The summed E-state index contributed by atoms with van der Waals surface area (Å²) in [4.78, 5) is 0. The van der Waals surface area contributed by atoms with Crippen molar-refractivity contribution in [3.63, 3.8) is 0 Å². The highest BCUT2D eigenvalue weighted by molar-refractivity contribution is 5.37. The third kappa shape index (κ3) is 4.40. The second-order valence-corrected chi connectivity index (χ2v) is 10.5. The molecule has 3 rings (SSSR count). The molecule has 0 aromatic carbocycles. The summed E-state index contributed by atoms with van der Waals surface area (Å²) < 4.78 is 0. The molecule has 0 amide bonds. The van der Waals surface area contributed by atoms with Crippen LogP contribution in [0.5, 0.6) is 0 Å². The van der Waals surface area contributed by atoms with Crippen LogP contribution in [0.15, 0.2) is 47.6 Å². The number of fused-ring (bicyclic) bond motifs is 1. The Morgan fingerprint density at radius 1 is 1.14 bits per heavy atom. The third-order valence-corrected chi connectivity index (χ3v) is 8.06. The van der Waals surface area contributed by atoms with Crippen LogP contribution in [0.3, 0.4) is 0 Å². The summed E-state index contributed by atoms with van der Waals surface area (Å²) in [5, 5.41) is 10.2. The van der Waals surface area contributed by atoms with Gasteiger partial charge in [0.25, 0.3) is 0 Å². The fourth-order valence-corrected chi connectivity index (χ4v) is 6.39. The van der Waals surface area contributed by atoms with E-state index in [0.717, 1.165) is 24.7 Å². The zero-order chi connectivity index (χ0) is 20.5. The van der Waals surface area contributed by atoms with E-state index < -0.39 is 0 Å². The van der Waals surface area contributed by atoms with Gasteiger partial charge in [-0.1, -0.05) is 71.1 Å². The van der Waals surface area contributed by atoms with Gasteiger partial charge < -0.3 is 5.11 Å². The smallest absolute Gasteiger partial charge is 0.0586 e. The Balaban J connectivity index is 1.79. The van der Waals surface area contributed by atoms with Crippen molar-refractivity contribution in [3.05, 3.63) is 47.6 Å². The zero-order valence-corrected chi connectivity index (χ0v) is 18.9. The number of aliphatic hydroxyl groups excluding tert-OH is 1. The van der Waals surface area contributed by atoms with Crippen molar-refractivity contribution in [1.29, 1.82) is 0 Å². The van der Waals surface area contributed by atoms with E-state index in [-0.39, 0.29) is 6.10 Å². The van der Waals surface area contributed by atoms with Crippen LogP contribution in [-0.2, 0) is 0 Å². The van der Waals surface area contributed by atoms with E-state index in [0.29, 0.717) is 23.2 Å². The molecule has 1 N–H and O–H groups in total. The second-order valence-electron chi connectivity index (χ2n) is 10.5. The Morgan fingerprint density at radius 2 is 1.89 bits per heavy atom. The summed E-state index contributed by atoms with van der Waals surface area (Å²) in [5.41, 5.74) is 4.61. The van der Waals surface area contributed by atoms with E-state index >= 15 is 0 Å². The molecule has 1 heteroatoms. The van der Waals surface area contributed by atoms with E-state index in [2.05, 4.69) is 65.5 Å². The minimum Gasteiger partial charge on any atom is -0.393 e. The first-order valence-electron chi connectivity index (χ1n) is 11.7. The molecular weight excluding hydrogens is 340 g/mol. The predicted octanol–water partition coefficient (Wildman–Crippen LogP) is 7.25. The molecule has 1 nitrogen and oxygen atoms in total. The van der Waals surface area contributed by atoms with Crippen LogP contribution < -0.4 is 0 Å². The maximum Gasteiger partial charge on any atom is 0.0586 e. The molecule has 0 aliphatic heterocycles. The van der Waals surface area contributed by atoms with Gasteiger partial charge in [0, 0.05) is 0 Å². The molecule has 0 heterocycles. The molecule has 28 heavy (non-hydrogen) atoms. The summed E-state index contributed by atoms with van der Waals surface area (Å²) in [6.45, 7) is 16.1. The topological polar surface area (TPSA) is 20.2 Å². The Hall–Kier alpha value is -1.08. The SMILES string of the molecule is C=C1/C(=C\C=C2/CCCC3(C)C2CC[C@@H]3[C@H](C)/C=C/C(C)C)C[C@@H](O)C[C@@H]1C. The minimum absolute atomic E-state index is 0.203. The average Bonchev–Trinajstić information content (AvgIpc) is 2.99. The van der Waals surface area contributed by atoms with Crippen molar-refractivity contribution in [2.24, 2.45) is 35.0 Å². The average molecular weight is 383 g/mol. The highest BCUT2D eigenvalue weighted by atomic mass is 16.3. The number of hydrogen-bond donors (Lipinski definition) is 1. The lowest BCUT2D eigenvalue weighted by molar-refractivity contribution is 0.112. The maximum atomic E-state index is 10.2. The standard InChI is InChI=1S/C27H42O/c1-18(2)9-10-19(3)25-13-14-26-22(8-7-15-27(25,26)6)11-12-23-17-24(28)16-20(4)21(23)5/h9-12,18-20,24-26,28H,5,7-8,13-17H2,1-4,6H3/b10-9+,22-11+,23-12-/t19-,20+,24+,25-,26?,27?/m1/s1. The zero-order valence-electron chi connectivity index (χ0n) is 18.9. The van der Waals surface area contributed by atoms with Crippen molar-refractivity contribution < 1.29 is 5.11 Å². The van der Waals surface area contributed by atoms with Crippen LogP contribution in [-0.4, -0.2) is 11.2 Å². The van der Waals surface area contributed by atoms with Crippen molar-refractivity contribution in [2.45, 2.75) is 85.7 Å². The lowest BCUT2D eigenvalue weighted by Crippen LogP contribution is -2.35. The van der Waals surface area contributed by atoms with Gasteiger partial charge in [-0.2, -0.15) is 0 Å². The van der Waals surface area contributed by atoms with E-state index in [1.807, 2.05) is 0 Å². The molecule has 0 aromatic heterocycles. The van der Waals surface area contributed by atoms with E-state index in [4.69, 9.17) is 0 Å². The van der Waals surface area contributed by atoms with E-state index in [9.17, 15) is 5.11 Å². The normalized spacial score (nSPS) is 40.6. The summed E-state index contributed by atoms with van der Waals surface area (Å²) in [6.07, 6.45) is 17.7. The molecule has 0 bridgehead atoms. The molecule has 6 atom stereocenters. The predicted molar refractivity (Wildman–Crippen MR) is 121 cm³/mol. The van der Waals surface area contributed by atoms with Gasteiger partial charge in [0.05, 0.1) is 6.10 Å². The van der Waals surface area contributed by atoms with Gasteiger partial charge in [-0.05, 0) is 91.1 Å². The second kappa shape index (κ2) is 8.74. The molecule has 156 valence electrons. The van der Waals surface area contributed by atoms with Gasteiger partial charge in [0.1, 0.15) is 0 Å². The Kier molecular flexibility index (Phi) is 6.75.